The molecule has 1 aliphatic heterocycles. The van der Waals surface area contributed by atoms with Crippen molar-refractivity contribution < 1.29 is 18.3 Å². The topological polar surface area (TPSA) is 74.7 Å². The fraction of sp³-hybridized carbons (Fsp3) is 0.462. The number of nitrogens with zero attached hydrogens (tertiary/aromatic N) is 1. The van der Waals surface area contributed by atoms with E-state index in [1.807, 2.05) is 17.9 Å². The van der Waals surface area contributed by atoms with Crippen LogP contribution in [0.5, 0.6) is 0 Å². The van der Waals surface area contributed by atoms with E-state index in [1.165, 1.54) is 0 Å². The first-order chi connectivity index (χ1) is 9.22. The van der Waals surface area contributed by atoms with Crippen molar-refractivity contribution in [3.8, 4) is 0 Å². The Balaban J connectivity index is 2.47. The summed E-state index contributed by atoms with van der Waals surface area (Å²) < 4.78 is 25.5. The Morgan fingerprint density at radius 3 is 2.75 bits per heavy atom. The Bertz CT molecular complexity index is 657. The van der Waals surface area contributed by atoms with Gasteiger partial charge in [-0.3, -0.25) is 4.79 Å². The van der Waals surface area contributed by atoms with Gasteiger partial charge < -0.3 is 10.0 Å². The number of carboxylic acid groups (broad SMARTS) is 1. The molecule has 0 saturated carbocycles. The van der Waals surface area contributed by atoms with Crippen molar-refractivity contribution in [2.75, 3.05) is 17.7 Å². The third-order valence-electron chi connectivity index (χ3n) is 3.51. The number of sulfone groups is 1. The maximum Gasteiger partial charge on any atom is 0.303 e. The Hall–Kier alpha value is -1.08. The van der Waals surface area contributed by atoms with Crippen LogP contribution in [-0.4, -0.2) is 38.3 Å². The molecule has 1 aliphatic rings. The lowest BCUT2D eigenvalue weighted by atomic mass is 10.1. The van der Waals surface area contributed by atoms with E-state index in [0.29, 0.717) is 17.0 Å². The summed E-state index contributed by atoms with van der Waals surface area (Å²) in [6.45, 7) is 1.84. The highest BCUT2D eigenvalue weighted by Gasteiger charge is 2.35. The molecule has 1 heterocycles. The zero-order valence-corrected chi connectivity index (χ0v) is 13.7. The molecule has 0 bridgehead atoms. The molecule has 0 fully saturated rings. The van der Waals surface area contributed by atoms with Crippen LogP contribution < -0.4 is 4.90 Å². The van der Waals surface area contributed by atoms with Crippen LogP contribution >= 0.6 is 15.9 Å². The normalized spacial score (nSPS) is 20.6. The van der Waals surface area contributed by atoms with E-state index < -0.39 is 15.8 Å². The summed E-state index contributed by atoms with van der Waals surface area (Å²) in [4.78, 5) is 12.9. The summed E-state index contributed by atoms with van der Waals surface area (Å²) in [5.74, 6) is -0.954. The smallest absolute Gasteiger partial charge is 0.303 e. The zero-order valence-electron chi connectivity index (χ0n) is 11.3. The molecule has 7 heteroatoms. The highest BCUT2D eigenvalue weighted by Crippen LogP contribution is 2.40. The second-order valence-electron chi connectivity index (χ2n) is 5.07. The van der Waals surface area contributed by atoms with Crippen LogP contribution in [-0.2, 0) is 14.6 Å². The standard InChI is InChI=1S/C13H16BrNO4S/c1-8-5-10(14)13-11(6-8)20(18,19)7-9(15(13)2)3-4-12(16)17/h5-6,9H,3-4,7H2,1-2H3,(H,16,17). The van der Waals surface area contributed by atoms with Crippen LogP contribution in [0.15, 0.2) is 21.5 Å². The molecule has 1 unspecified atom stereocenters. The van der Waals surface area contributed by atoms with E-state index in [2.05, 4.69) is 15.9 Å². The number of hydrogen-bond acceptors (Lipinski definition) is 4. The minimum atomic E-state index is -3.38. The molecule has 2 rings (SSSR count). The number of carbonyl (C=O) groups is 1. The summed E-state index contributed by atoms with van der Waals surface area (Å²) in [6.07, 6.45) is 0.272. The Labute approximate surface area is 126 Å². The minimum Gasteiger partial charge on any atom is -0.481 e. The predicted molar refractivity (Wildman–Crippen MR) is 80.0 cm³/mol. The van der Waals surface area contributed by atoms with Gasteiger partial charge in [0.1, 0.15) is 0 Å². The molecule has 1 aromatic carbocycles. The Morgan fingerprint density at radius 2 is 2.15 bits per heavy atom. The number of anilines is 1. The van der Waals surface area contributed by atoms with E-state index in [9.17, 15) is 13.2 Å². The van der Waals surface area contributed by atoms with Gasteiger partial charge in [0, 0.05) is 24.0 Å². The average Bonchev–Trinajstić information content (AvgIpc) is 2.31. The first-order valence-corrected chi connectivity index (χ1v) is 8.64. The maximum atomic E-state index is 12.4. The monoisotopic (exact) mass is 361 g/mol. The summed E-state index contributed by atoms with van der Waals surface area (Å²) in [5.41, 5.74) is 1.49. The van der Waals surface area contributed by atoms with Gasteiger partial charge in [0.25, 0.3) is 0 Å². The SMILES string of the molecule is Cc1cc(Br)c2c(c1)S(=O)(=O)CC(CCC(=O)O)N2C. The van der Waals surface area contributed by atoms with Crippen molar-refractivity contribution in [2.45, 2.75) is 30.7 Å². The van der Waals surface area contributed by atoms with Gasteiger partial charge in [-0.25, -0.2) is 8.42 Å². The molecule has 1 atom stereocenters. The molecule has 0 aliphatic carbocycles. The largest absolute Gasteiger partial charge is 0.481 e. The van der Waals surface area contributed by atoms with E-state index >= 15 is 0 Å². The number of halogens is 1. The number of aliphatic carboxylic acids is 1. The van der Waals surface area contributed by atoms with Crippen molar-refractivity contribution in [2.24, 2.45) is 0 Å². The molecular formula is C13H16BrNO4S. The van der Waals surface area contributed by atoms with Crippen molar-refractivity contribution in [3.63, 3.8) is 0 Å². The zero-order chi connectivity index (χ0) is 15.1. The molecule has 110 valence electrons. The van der Waals surface area contributed by atoms with Crippen LogP contribution in [0.4, 0.5) is 5.69 Å². The molecule has 0 saturated heterocycles. The van der Waals surface area contributed by atoms with Crippen molar-refractivity contribution in [3.05, 3.63) is 22.2 Å². The quantitative estimate of drug-likeness (QED) is 0.893. The Kier molecular flexibility index (Phi) is 4.11. The Morgan fingerprint density at radius 1 is 1.50 bits per heavy atom. The maximum absolute atomic E-state index is 12.4. The summed E-state index contributed by atoms with van der Waals surface area (Å²) >= 11 is 3.41. The van der Waals surface area contributed by atoms with Crippen LogP contribution in [0.25, 0.3) is 0 Å². The summed E-state index contributed by atoms with van der Waals surface area (Å²) in [5, 5.41) is 8.77. The molecule has 0 amide bonds. The van der Waals surface area contributed by atoms with Gasteiger partial charge in [0.05, 0.1) is 16.3 Å². The van der Waals surface area contributed by atoms with Crippen LogP contribution in [0, 0.1) is 6.92 Å². The molecular weight excluding hydrogens is 346 g/mol. The third kappa shape index (κ3) is 2.83. The first kappa shape index (κ1) is 15.3. The first-order valence-electron chi connectivity index (χ1n) is 6.20. The van der Waals surface area contributed by atoms with E-state index in [-0.39, 0.29) is 18.2 Å². The molecule has 20 heavy (non-hydrogen) atoms. The lowest BCUT2D eigenvalue weighted by Crippen LogP contribution is -2.42. The molecule has 5 nitrogen and oxygen atoms in total. The highest BCUT2D eigenvalue weighted by atomic mass is 79.9. The number of aryl methyl sites for hydroxylation is 1. The number of rotatable bonds is 3. The lowest BCUT2D eigenvalue weighted by molar-refractivity contribution is -0.137. The van der Waals surface area contributed by atoms with Crippen LogP contribution in [0.1, 0.15) is 18.4 Å². The van der Waals surface area contributed by atoms with Gasteiger partial charge >= 0.3 is 5.97 Å². The highest BCUT2D eigenvalue weighted by molar-refractivity contribution is 9.10. The second-order valence-corrected chi connectivity index (χ2v) is 7.93. The van der Waals surface area contributed by atoms with Crippen LogP contribution in [0.2, 0.25) is 0 Å². The predicted octanol–water partition coefficient (Wildman–Crippen LogP) is 2.21. The number of benzene rings is 1. The van der Waals surface area contributed by atoms with E-state index in [4.69, 9.17) is 5.11 Å². The lowest BCUT2D eigenvalue weighted by Gasteiger charge is -2.36. The molecule has 1 N–H and O–H groups in total. The third-order valence-corrected chi connectivity index (χ3v) is 5.92. The van der Waals surface area contributed by atoms with Gasteiger partial charge in [-0.1, -0.05) is 0 Å². The molecule has 0 spiro atoms. The van der Waals surface area contributed by atoms with E-state index in [0.717, 1.165) is 10.0 Å². The summed E-state index contributed by atoms with van der Waals surface area (Å²) in [6, 6.07) is 3.21. The van der Waals surface area contributed by atoms with Gasteiger partial charge in [0.15, 0.2) is 9.84 Å². The average molecular weight is 362 g/mol. The van der Waals surface area contributed by atoms with Gasteiger partial charge in [-0.2, -0.15) is 0 Å². The number of hydrogen-bond donors (Lipinski definition) is 1. The molecule has 0 radical (unpaired) electrons. The van der Waals surface area contributed by atoms with Crippen molar-refractivity contribution >= 4 is 37.4 Å². The fourth-order valence-electron chi connectivity index (χ4n) is 2.49. The summed E-state index contributed by atoms with van der Waals surface area (Å²) in [7, 11) is -1.58. The molecule has 0 aromatic heterocycles. The van der Waals surface area contributed by atoms with Crippen LogP contribution in [0.3, 0.4) is 0 Å². The van der Waals surface area contributed by atoms with Gasteiger partial charge in [-0.15, -0.1) is 0 Å². The fourth-order valence-corrected chi connectivity index (χ4v) is 5.46. The van der Waals surface area contributed by atoms with Gasteiger partial charge in [-0.05, 0) is 47.0 Å². The van der Waals surface area contributed by atoms with Crippen molar-refractivity contribution in [1.82, 2.24) is 0 Å². The van der Waals surface area contributed by atoms with Crippen molar-refractivity contribution in [1.29, 1.82) is 0 Å². The number of carboxylic acids is 1. The minimum absolute atomic E-state index is 0.0384. The second kappa shape index (κ2) is 5.37. The van der Waals surface area contributed by atoms with E-state index in [1.54, 1.807) is 13.1 Å². The molecule has 1 aromatic rings. The van der Waals surface area contributed by atoms with Gasteiger partial charge in [0.2, 0.25) is 0 Å². The number of fused-ring (bicyclic) bond motifs is 1.